The predicted octanol–water partition coefficient (Wildman–Crippen LogP) is 3.02. The zero-order valence-corrected chi connectivity index (χ0v) is 15.2. The lowest BCUT2D eigenvalue weighted by molar-refractivity contribution is 0.0581. The largest absolute Gasteiger partial charge is 0.448 e. The van der Waals surface area contributed by atoms with Crippen LogP contribution in [-0.2, 0) is 9.47 Å². The summed E-state index contributed by atoms with van der Waals surface area (Å²) >= 11 is 0. The molecule has 2 saturated heterocycles. The summed E-state index contributed by atoms with van der Waals surface area (Å²) in [6.45, 7) is 3.19. The SMILES string of the molecule is CC1CN(C(=O)OCC2c3ccccc3-c3ccccc32)C2C(O)COC12. The van der Waals surface area contributed by atoms with Gasteiger partial charge in [0.25, 0.3) is 0 Å². The van der Waals surface area contributed by atoms with Crippen LogP contribution in [-0.4, -0.2) is 54.1 Å². The van der Waals surface area contributed by atoms with Crippen LogP contribution in [0.15, 0.2) is 48.5 Å². The highest BCUT2D eigenvalue weighted by Gasteiger charge is 2.51. The van der Waals surface area contributed by atoms with Gasteiger partial charge < -0.3 is 14.6 Å². The molecular weight excluding hydrogens is 342 g/mol. The lowest BCUT2D eigenvalue weighted by Crippen LogP contribution is -2.44. The number of fused-ring (bicyclic) bond motifs is 4. The van der Waals surface area contributed by atoms with Crippen molar-refractivity contribution in [3.63, 3.8) is 0 Å². The molecule has 0 bridgehead atoms. The van der Waals surface area contributed by atoms with Gasteiger partial charge in [0.15, 0.2) is 0 Å². The highest BCUT2D eigenvalue weighted by Crippen LogP contribution is 2.44. The van der Waals surface area contributed by atoms with E-state index in [-0.39, 0.29) is 36.7 Å². The smallest absolute Gasteiger partial charge is 0.410 e. The van der Waals surface area contributed by atoms with Gasteiger partial charge in [-0.3, -0.25) is 4.90 Å². The van der Waals surface area contributed by atoms with E-state index in [1.807, 2.05) is 31.2 Å². The molecule has 2 aromatic rings. The van der Waals surface area contributed by atoms with Gasteiger partial charge in [0, 0.05) is 18.4 Å². The number of benzene rings is 2. The van der Waals surface area contributed by atoms with Crippen LogP contribution in [0.4, 0.5) is 4.79 Å². The summed E-state index contributed by atoms with van der Waals surface area (Å²) in [5, 5.41) is 10.2. The van der Waals surface area contributed by atoms with Gasteiger partial charge in [-0.1, -0.05) is 55.5 Å². The molecule has 4 unspecified atom stereocenters. The molecule has 140 valence electrons. The number of aliphatic hydroxyl groups is 1. The van der Waals surface area contributed by atoms with Crippen molar-refractivity contribution in [2.45, 2.75) is 31.1 Å². The average Bonchev–Trinajstić information content (AvgIpc) is 3.33. The van der Waals surface area contributed by atoms with E-state index < -0.39 is 6.10 Å². The zero-order valence-electron chi connectivity index (χ0n) is 15.2. The molecule has 0 aromatic heterocycles. The molecule has 2 aliphatic heterocycles. The Kier molecular flexibility index (Phi) is 3.95. The number of hydrogen-bond acceptors (Lipinski definition) is 4. The summed E-state index contributed by atoms with van der Waals surface area (Å²) in [7, 11) is 0. The lowest BCUT2D eigenvalue weighted by atomic mass is 9.98. The van der Waals surface area contributed by atoms with Gasteiger partial charge in [0.1, 0.15) is 12.7 Å². The van der Waals surface area contributed by atoms with Gasteiger partial charge >= 0.3 is 6.09 Å². The molecule has 2 fully saturated rings. The third-order valence-electron chi connectivity index (χ3n) is 6.17. The molecule has 0 spiro atoms. The molecule has 2 heterocycles. The first-order valence-corrected chi connectivity index (χ1v) is 9.56. The Morgan fingerprint density at radius 3 is 2.44 bits per heavy atom. The van der Waals surface area contributed by atoms with E-state index in [4.69, 9.17) is 9.47 Å². The first kappa shape index (κ1) is 16.8. The molecule has 2 aromatic carbocycles. The number of likely N-dealkylation sites (tertiary alicyclic amines) is 1. The Hall–Kier alpha value is -2.37. The molecule has 5 heteroatoms. The van der Waals surface area contributed by atoms with Crippen molar-refractivity contribution in [2.75, 3.05) is 19.8 Å². The first-order chi connectivity index (χ1) is 13.1. The molecule has 3 aliphatic rings. The van der Waals surface area contributed by atoms with Gasteiger partial charge in [-0.05, 0) is 22.3 Å². The molecule has 0 saturated carbocycles. The third-order valence-corrected chi connectivity index (χ3v) is 6.17. The topological polar surface area (TPSA) is 59.0 Å². The quantitative estimate of drug-likeness (QED) is 0.889. The van der Waals surface area contributed by atoms with Gasteiger partial charge in [-0.15, -0.1) is 0 Å². The summed E-state index contributed by atoms with van der Waals surface area (Å²) < 4.78 is 11.4. The second kappa shape index (κ2) is 6.36. The Morgan fingerprint density at radius 2 is 1.78 bits per heavy atom. The number of amides is 1. The average molecular weight is 365 g/mol. The maximum absolute atomic E-state index is 12.8. The number of hydrogen-bond donors (Lipinski definition) is 1. The fourth-order valence-corrected chi connectivity index (χ4v) is 4.92. The third kappa shape index (κ3) is 2.57. The van der Waals surface area contributed by atoms with Crippen molar-refractivity contribution in [2.24, 2.45) is 5.92 Å². The maximum atomic E-state index is 12.8. The minimum absolute atomic E-state index is 0.0434. The lowest BCUT2D eigenvalue weighted by Gasteiger charge is -2.25. The van der Waals surface area contributed by atoms with Crippen LogP contribution in [0.5, 0.6) is 0 Å². The monoisotopic (exact) mass is 365 g/mol. The molecule has 5 rings (SSSR count). The van der Waals surface area contributed by atoms with Crippen molar-refractivity contribution in [1.82, 2.24) is 4.90 Å². The maximum Gasteiger partial charge on any atom is 0.410 e. The molecule has 0 radical (unpaired) electrons. The minimum Gasteiger partial charge on any atom is -0.448 e. The van der Waals surface area contributed by atoms with E-state index in [0.29, 0.717) is 13.2 Å². The summed E-state index contributed by atoms with van der Waals surface area (Å²) in [5.74, 6) is 0.245. The summed E-state index contributed by atoms with van der Waals surface area (Å²) in [4.78, 5) is 14.4. The van der Waals surface area contributed by atoms with Crippen molar-refractivity contribution >= 4 is 6.09 Å². The molecule has 1 amide bonds. The Morgan fingerprint density at radius 1 is 1.15 bits per heavy atom. The Bertz CT molecular complexity index is 837. The van der Waals surface area contributed by atoms with E-state index in [1.54, 1.807) is 4.90 Å². The van der Waals surface area contributed by atoms with Crippen LogP contribution in [0.25, 0.3) is 11.1 Å². The highest BCUT2D eigenvalue weighted by atomic mass is 16.6. The summed E-state index contributed by atoms with van der Waals surface area (Å²) in [5.41, 5.74) is 4.82. The molecule has 4 atom stereocenters. The summed E-state index contributed by atoms with van der Waals surface area (Å²) in [6, 6.07) is 16.3. The van der Waals surface area contributed by atoms with E-state index >= 15 is 0 Å². The fourth-order valence-electron chi connectivity index (χ4n) is 4.92. The fraction of sp³-hybridized carbons (Fsp3) is 0.409. The summed E-state index contributed by atoms with van der Waals surface area (Å²) in [6.07, 6.45) is -1.10. The second-order valence-electron chi connectivity index (χ2n) is 7.79. The van der Waals surface area contributed by atoms with Crippen LogP contribution >= 0.6 is 0 Å². The van der Waals surface area contributed by atoms with Crippen molar-refractivity contribution < 1.29 is 19.4 Å². The second-order valence-corrected chi connectivity index (χ2v) is 7.79. The van der Waals surface area contributed by atoms with E-state index in [9.17, 15) is 9.90 Å². The van der Waals surface area contributed by atoms with Gasteiger partial charge in [0.05, 0.1) is 18.8 Å². The van der Waals surface area contributed by atoms with Crippen LogP contribution in [0.2, 0.25) is 0 Å². The minimum atomic E-state index is -0.638. The predicted molar refractivity (Wildman–Crippen MR) is 100 cm³/mol. The van der Waals surface area contributed by atoms with E-state index in [2.05, 4.69) is 24.3 Å². The van der Waals surface area contributed by atoms with Gasteiger partial charge in [-0.2, -0.15) is 0 Å². The number of carbonyl (C=O) groups excluding carboxylic acids is 1. The zero-order chi connectivity index (χ0) is 18.5. The van der Waals surface area contributed by atoms with E-state index in [0.717, 1.165) is 0 Å². The van der Waals surface area contributed by atoms with Crippen molar-refractivity contribution in [3.05, 3.63) is 59.7 Å². The molecule has 27 heavy (non-hydrogen) atoms. The van der Waals surface area contributed by atoms with Crippen LogP contribution in [0, 0.1) is 5.92 Å². The van der Waals surface area contributed by atoms with Gasteiger partial charge in [-0.25, -0.2) is 4.79 Å². The van der Waals surface area contributed by atoms with Crippen LogP contribution < -0.4 is 0 Å². The number of ether oxygens (including phenoxy) is 2. The Labute approximate surface area is 158 Å². The molecule has 1 N–H and O–H groups in total. The number of rotatable bonds is 2. The van der Waals surface area contributed by atoms with Crippen molar-refractivity contribution in [3.8, 4) is 11.1 Å². The number of carbonyl (C=O) groups is 1. The molecule has 1 aliphatic carbocycles. The molecule has 5 nitrogen and oxygen atoms in total. The standard InChI is InChI=1S/C22H23NO4/c1-13-10-23(20-19(24)12-26-21(13)20)22(25)27-11-18-16-8-4-2-6-14(16)15-7-3-5-9-17(15)18/h2-9,13,18-21,24H,10-12H2,1H3. The normalized spacial score (nSPS) is 28.7. The van der Waals surface area contributed by atoms with Crippen molar-refractivity contribution in [1.29, 1.82) is 0 Å². The number of aliphatic hydroxyl groups excluding tert-OH is 1. The number of nitrogens with zero attached hydrogens (tertiary/aromatic N) is 1. The highest BCUT2D eigenvalue weighted by molar-refractivity contribution is 5.79. The van der Waals surface area contributed by atoms with Crippen LogP contribution in [0.1, 0.15) is 24.0 Å². The van der Waals surface area contributed by atoms with Gasteiger partial charge in [0.2, 0.25) is 0 Å². The molecular formula is C22H23NO4. The Balaban J connectivity index is 1.35. The van der Waals surface area contributed by atoms with Crippen LogP contribution in [0.3, 0.4) is 0 Å². The first-order valence-electron chi connectivity index (χ1n) is 9.56. The van der Waals surface area contributed by atoms with E-state index in [1.165, 1.54) is 22.3 Å².